The Bertz CT molecular complexity index is 1250. The minimum Gasteiger partial charge on any atom is -0.464 e. The molecule has 0 N–H and O–H groups in total. The summed E-state index contributed by atoms with van der Waals surface area (Å²) in [5.41, 5.74) is -2.10. The standard InChI is InChI=1S/C27H26N2O9/c1-4-36-25(34)27(26(35)37-5-2,29-23(32)19-12-8-9-13-20(19)24(29)33)16(3)38-15-14-28-21(30)17-10-6-7-11-18(17)22(28)31/h6-13,16H,4-5,14-15H2,1-3H3. The van der Waals surface area contributed by atoms with E-state index in [2.05, 4.69) is 0 Å². The molecule has 2 aliphatic heterocycles. The fraction of sp³-hybridized carbons (Fsp3) is 0.333. The van der Waals surface area contributed by atoms with Crippen molar-refractivity contribution < 1.29 is 43.0 Å². The molecule has 198 valence electrons. The Hall–Kier alpha value is -4.38. The number of carbonyl (C=O) groups is 6. The number of nitrogens with zero attached hydrogens (tertiary/aromatic N) is 2. The predicted octanol–water partition coefficient (Wildman–Crippen LogP) is 1.85. The van der Waals surface area contributed by atoms with Crippen molar-refractivity contribution in [3.63, 3.8) is 0 Å². The van der Waals surface area contributed by atoms with Crippen molar-refractivity contribution >= 4 is 35.6 Å². The van der Waals surface area contributed by atoms with Crippen molar-refractivity contribution in [2.24, 2.45) is 0 Å². The SMILES string of the molecule is CCOC(=O)C(C(=O)OCC)(C(C)OCCN1C(=O)c2ccccc2C1=O)N1C(=O)c2ccccc2C1=O. The van der Waals surface area contributed by atoms with Gasteiger partial charge in [0.1, 0.15) is 6.10 Å². The van der Waals surface area contributed by atoms with Gasteiger partial charge in [-0.05, 0) is 45.0 Å². The lowest BCUT2D eigenvalue weighted by atomic mass is 9.90. The Morgan fingerprint density at radius 3 is 1.53 bits per heavy atom. The number of rotatable bonds is 10. The van der Waals surface area contributed by atoms with Crippen LogP contribution in [0.5, 0.6) is 0 Å². The van der Waals surface area contributed by atoms with Gasteiger partial charge < -0.3 is 14.2 Å². The van der Waals surface area contributed by atoms with Gasteiger partial charge in [0.25, 0.3) is 29.2 Å². The first-order valence-corrected chi connectivity index (χ1v) is 12.1. The first kappa shape index (κ1) is 26.7. The molecule has 11 heteroatoms. The van der Waals surface area contributed by atoms with E-state index in [0.717, 1.165) is 4.90 Å². The summed E-state index contributed by atoms with van der Waals surface area (Å²) in [6.07, 6.45) is -1.47. The molecule has 38 heavy (non-hydrogen) atoms. The molecular formula is C27H26N2O9. The molecule has 0 fully saturated rings. The smallest absolute Gasteiger partial charge is 0.347 e. The van der Waals surface area contributed by atoms with Gasteiger partial charge in [0.15, 0.2) is 0 Å². The van der Waals surface area contributed by atoms with Crippen LogP contribution in [0.1, 0.15) is 62.2 Å². The predicted molar refractivity (Wildman–Crippen MR) is 130 cm³/mol. The zero-order chi connectivity index (χ0) is 27.6. The maximum atomic E-state index is 13.5. The Morgan fingerprint density at radius 2 is 1.13 bits per heavy atom. The maximum Gasteiger partial charge on any atom is 0.347 e. The van der Waals surface area contributed by atoms with Gasteiger partial charge in [-0.25, -0.2) is 14.5 Å². The van der Waals surface area contributed by atoms with Gasteiger partial charge in [0.2, 0.25) is 0 Å². The van der Waals surface area contributed by atoms with E-state index in [1.165, 1.54) is 45.0 Å². The molecule has 4 amide bonds. The largest absolute Gasteiger partial charge is 0.464 e. The highest BCUT2D eigenvalue weighted by atomic mass is 16.6. The zero-order valence-electron chi connectivity index (χ0n) is 21.1. The molecule has 2 heterocycles. The molecule has 2 aliphatic rings. The second-order valence-electron chi connectivity index (χ2n) is 8.52. The van der Waals surface area contributed by atoms with Crippen LogP contribution in [0, 0.1) is 0 Å². The van der Waals surface area contributed by atoms with Crippen LogP contribution in [0.4, 0.5) is 0 Å². The topological polar surface area (TPSA) is 137 Å². The second kappa shape index (κ2) is 10.5. The summed E-state index contributed by atoms with van der Waals surface area (Å²) >= 11 is 0. The fourth-order valence-corrected chi connectivity index (χ4v) is 4.66. The van der Waals surface area contributed by atoms with E-state index in [1.807, 2.05) is 0 Å². The van der Waals surface area contributed by atoms with E-state index in [-0.39, 0.29) is 48.6 Å². The molecule has 1 unspecified atom stereocenters. The van der Waals surface area contributed by atoms with Crippen molar-refractivity contribution in [2.45, 2.75) is 32.4 Å². The molecule has 0 radical (unpaired) electrons. The number of ether oxygens (including phenoxy) is 3. The number of carbonyl (C=O) groups excluding carboxylic acids is 6. The molecule has 1 atom stereocenters. The van der Waals surface area contributed by atoms with Gasteiger partial charge in [0.05, 0.1) is 48.6 Å². The Balaban J connectivity index is 1.66. The van der Waals surface area contributed by atoms with Crippen LogP contribution in [-0.4, -0.2) is 83.4 Å². The van der Waals surface area contributed by atoms with E-state index in [0.29, 0.717) is 4.90 Å². The van der Waals surface area contributed by atoms with Crippen molar-refractivity contribution in [3.8, 4) is 0 Å². The van der Waals surface area contributed by atoms with Gasteiger partial charge in [-0.1, -0.05) is 24.3 Å². The van der Waals surface area contributed by atoms with E-state index in [1.54, 1.807) is 24.3 Å². The molecule has 2 aromatic carbocycles. The molecule has 0 bridgehead atoms. The summed E-state index contributed by atoms with van der Waals surface area (Å²) in [5.74, 6) is -5.21. The molecule has 11 nitrogen and oxygen atoms in total. The number of hydrogen-bond donors (Lipinski definition) is 0. The summed E-state index contributed by atoms with van der Waals surface area (Å²) in [6.45, 7) is 3.49. The molecular weight excluding hydrogens is 496 g/mol. The van der Waals surface area contributed by atoms with Crippen LogP contribution in [0.15, 0.2) is 48.5 Å². The van der Waals surface area contributed by atoms with Gasteiger partial charge >= 0.3 is 11.9 Å². The number of esters is 2. The van der Waals surface area contributed by atoms with Crippen LogP contribution < -0.4 is 0 Å². The number of hydrogen-bond acceptors (Lipinski definition) is 9. The lowest BCUT2D eigenvalue weighted by Gasteiger charge is -2.39. The highest BCUT2D eigenvalue weighted by Crippen LogP contribution is 2.35. The summed E-state index contributed by atoms with van der Waals surface area (Å²) in [7, 11) is 0. The molecule has 2 aromatic rings. The summed E-state index contributed by atoms with van der Waals surface area (Å²) in [5, 5.41) is 0. The Morgan fingerprint density at radius 1 is 0.737 bits per heavy atom. The van der Waals surface area contributed by atoms with Crippen LogP contribution in [0.25, 0.3) is 0 Å². The maximum absolute atomic E-state index is 13.5. The highest BCUT2D eigenvalue weighted by molar-refractivity contribution is 6.27. The molecule has 0 saturated heterocycles. The normalized spacial score (nSPS) is 15.4. The summed E-state index contributed by atoms with van der Waals surface area (Å²) in [4.78, 5) is 80.6. The van der Waals surface area contributed by atoms with E-state index >= 15 is 0 Å². The lowest BCUT2D eigenvalue weighted by Crippen LogP contribution is -2.69. The minimum absolute atomic E-state index is 0.00805. The fourth-order valence-electron chi connectivity index (χ4n) is 4.66. The third kappa shape index (κ3) is 4.04. The first-order valence-electron chi connectivity index (χ1n) is 12.1. The van der Waals surface area contributed by atoms with E-state index < -0.39 is 47.2 Å². The molecule has 0 aliphatic carbocycles. The minimum atomic E-state index is -2.62. The van der Waals surface area contributed by atoms with Crippen molar-refractivity contribution in [1.29, 1.82) is 0 Å². The van der Waals surface area contributed by atoms with Crippen molar-refractivity contribution in [3.05, 3.63) is 70.8 Å². The van der Waals surface area contributed by atoms with Crippen LogP contribution in [0.3, 0.4) is 0 Å². The summed E-state index contributed by atoms with van der Waals surface area (Å²) in [6, 6.07) is 12.3. The van der Waals surface area contributed by atoms with Crippen molar-refractivity contribution in [1.82, 2.24) is 9.80 Å². The highest BCUT2D eigenvalue weighted by Gasteiger charge is 2.65. The number of amides is 4. The lowest BCUT2D eigenvalue weighted by molar-refractivity contribution is -0.182. The monoisotopic (exact) mass is 522 g/mol. The number of imide groups is 2. The Labute approximate surface area is 218 Å². The number of benzene rings is 2. The summed E-state index contributed by atoms with van der Waals surface area (Å²) < 4.78 is 16.2. The van der Waals surface area contributed by atoms with Crippen molar-refractivity contribution in [2.75, 3.05) is 26.4 Å². The molecule has 0 aromatic heterocycles. The average Bonchev–Trinajstić information content (AvgIpc) is 3.31. The van der Waals surface area contributed by atoms with Crippen LogP contribution in [0.2, 0.25) is 0 Å². The first-order chi connectivity index (χ1) is 18.2. The average molecular weight is 523 g/mol. The van der Waals surface area contributed by atoms with E-state index in [9.17, 15) is 28.8 Å². The van der Waals surface area contributed by atoms with Crippen LogP contribution >= 0.6 is 0 Å². The molecule has 4 rings (SSSR count). The van der Waals surface area contributed by atoms with Gasteiger partial charge in [-0.3, -0.25) is 24.1 Å². The third-order valence-electron chi connectivity index (χ3n) is 6.47. The quantitative estimate of drug-likeness (QED) is 0.260. The van der Waals surface area contributed by atoms with Gasteiger partial charge in [-0.15, -0.1) is 0 Å². The number of fused-ring (bicyclic) bond motifs is 2. The second-order valence-corrected chi connectivity index (χ2v) is 8.52. The zero-order valence-corrected chi connectivity index (χ0v) is 21.1. The molecule has 0 saturated carbocycles. The third-order valence-corrected chi connectivity index (χ3v) is 6.47. The van der Waals surface area contributed by atoms with Crippen LogP contribution in [-0.2, 0) is 23.8 Å². The van der Waals surface area contributed by atoms with Gasteiger partial charge in [0, 0.05) is 0 Å². The molecule has 0 spiro atoms. The van der Waals surface area contributed by atoms with E-state index in [4.69, 9.17) is 14.2 Å². The Kier molecular flexibility index (Phi) is 7.40. The van der Waals surface area contributed by atoms with Gasteiger partial charge in [-0.2, -0.15) is 0 Å².